The fourth-order valence-corrected chi connectivity index (χ4v) is 6.24. The molecule has 0 unspecified atom stereocenters. The number of nitrogens with zero attached hydrogens (tertiary/aromatic N) is 2. The molecule has 3 aliphatic rings. The monoisotopic (exact) mass is 610 g/mol. The summed E-state index contributed by atoms with van der Waals surface area (Å²) in [5.41, 5.74) is 4.31. The van der Waals surface area contributed by atoms with Crippen molar-refractivity contribution in [3.8, 4) is 5.69 Å². The third-order valence-corrected chi connectivity index (χ3v) is 8.50. The maximum atomic E-state index is 13.9. The van der Waals surface area contributed by atoms with Crippen LogP contribution in [-0.2, 0) is 22.1 Å². The van der Waals surface area contributed by atoms with Crippen LogP contribution in [0, 0.1) is 5.41 Å². The van der Waals surface area contributed by atoms with Gasteiger partial charge in [0.2, 0.25) is 0 Å². The number of rotatable bonds is 6. The van der Waals surface area contributed by atoms with Gasteiger partial charge < -0.3 is 35.8 Å². The number of aliphatic hydroxyl groups is 3. The van der Waals surface area contributed by atoms with Gasteiger partial charge in [-0.1, -0.05) is 13.8 Å². The number of anilines is 1. The predicted octanol–water partition coefficient (Wildman–Crippen LogP) is 2.71. The van der Waals surface area contributed by atoms with Gasteiger partial charge in [-0.3, -0.25) is 9.59 Å². The summed E-state index contributed by atoms with van der Waals surface area (Å²) in [6, 6.07) is 4.25. The standard InChI is InChI=1S/C29H37F3N4O7/c1-13-22(38)23(39)24(40)27(42-13)43-16-7-4-14(5-8-16)34-18-10-15(6-9-17(18)26(33)41)36-19-11-28(2,3)12-20(37)21(19)25(35-36)29(30,31)32/h6,9-10,13-14,16,22-24,27,34,38-40H,4-5,7-8,11-12H2,1-3H3,(H2,33,41)/t13-,14-,16-,22+,23+,24-,27-/m0/s1. The Labute approximate surface area is 246 Å². The number of ketones is 1. The molecule has 0 spiro atoms. The van der Waals surface area contributed by atoms with Crippen LogP contribution in [0.5, 0.6) is 0 Å². The fourth-order valence-electron chi connectivity index (χ4n) is 6.24. The summed E-state index contributed by atoms with van der Waals surface area (Å²) in [5, 5.41) is 37.4. The van der Waals surface area contributed by atoms with Crippen molar-refractivity contribution in [2.24, 2.45) is 11.1 Å². The summed E-state index contributed by atoms with van der Waals surface area (Å²) >= 11 is 0. The van der Waals surface area contributed by atoms with Gasteiger partial charge in [-0.15, -0.1) is 0 Å². The van der Waals surface area contributed by atoms with Crippen molar-refractivity contribution >= 4 is 17.4 Å². The largest absolute Gasteiger partial charge is 0.435 e. The summed E-state index contributed by atoms with van der Waals surface area (Å²) in [6.45, 7) is 5.20. The zero-order valence-electron chi connectivity index (χ0n) is 24.1. The second-order valence-electron chi connectivity index (χ2n) is 12.6. The van der Waals surface area contributed by atoms with Crippen LogP contribution >= 0.6 is 0 Å². The summed E-state index contributed by atoms with van der Waals surface area (Å²) < 4.78 is 54.4. The number of nitrogens with two attached hydrogens (primary N) is 1. The Morgan fingerprint density at radius 3 is 2.42 bits per heavy atom. The van der Waals surface area contributed by atoms with E-state index >= 15 is 0 Å². The normalized spacial score (nSPS) is 31.0. The number of halogens is 3. The highest BCUT2D eigenvalue weighted by atomic mass is 19.4. The summed E-state index contributed by atoms with van der Waals surface area (Å²) in [7, 11) is 0. The first kappa shape index (κ1) is 31.4. The van der Waals surface area contributed by atoms with Gasteiger partial charge in [0.05, 0.1) is 34.7 Å². The van der Waals surface area contributed by atoms with Crippen molar-refractivity contribution < 1.29 is 47.6 Å². The van der Waals surface area contributed by atoms with Crippen molar-refractivity contribution in [2.75, 3.05) is 5.32 Å². The van der Waals surface area contributed by atoms with E-state index in [1.807, 2.05) is 13.8 Å². The third kappa shape index (κ3) is 6.29. The summed E-state index contributed by atoms with van der Waals surface area (Å²) in [4.78, 5) is 25.1. The van der Waals surface area contributed by atoms with Gasteiger partial charge in [0.25, 0.3) is 5.91 Å². The van der Waals surface area contributed by atoms with Crippen molar-refractivity contribution in [1.82, 2.24) is 9.78 Å². The maximum absolute atomic E-state index is 13.9. The van der Waals surface area contributed by atoms with Gasteiger partial charge in [0.1, 0.15) is 18.3 Å². The number of primary amides is 1. The number of amides is 1. The molecule has 5 rings (SSSR count). The van der Waals surface area contributed by atoms with Gasteiger partial charge in [-0.2, -0.15) is 18.3 Å². The number of carbonyl (C=O) groups excluding carboxylic acids is 2. The topological polar surface area (TPSA) is 169 Å². The smallest absolute Gasteiger partial charge is 0.388 e. The van der Waals surface area contributed by atoms with E-state index in [0.717, 1.165) is 4.68 Å². The molecule has 6 N–H and O–H groups in total. The van der Waals surface area contributed by atoms with Gasteiger partial charge in [-0.05, 0) is 62.6 Å². The Morgan fingerprint density at radius 1 is 1.12 bits per heavy atom. The van der Waals surface area contributed by atoms with Crippen LogP contribution in [0.4, 0.5) is 18.9 Å². The Balaban J connectivity index is 1.36. The molecular formula is C29H37F3N4O7. The fraction of sp³-hybridized carbons (Fsp3) is 0.621. The second kappa shape index (κ2) is 11.5. The lowest BCUT2D eigenvalue weighted by Crippen LogP contribution is -2.58. The van der Waals surface area contributed by atoms with Crippen LogP contribution in [0.25, 0.3) is 5.69 Å². The second-order valence-corrected chi connectivity index (χ2v) is 12.6. The maximum Gasteiger partial charge on any atom is 0.435 e. The number of aliphatic hydroxyl groups excluding tert-OH is 3. The molecule has 11 nitrogen and oxygen atoms in total. The molecular weight excluding hydrogens is 573 g/mol. The Bertz CT molecular complexity index is 1390. The molecule has 0 radical (unpaired) electrons. The molecule has 2 aliphatic carbocycles. The number of ether oxygens (including phenoxy) is 2. The van der Waals surface area contributed by atoms with Crippen LogP contribution in [0.1, 0.15) is 85.0 Å². The number of carbonyl (C=O) groups is 2. The lowest BCUT2D eigenvalue weighted by atomic mass is 9.75. The van der Waals surface area contributed by atoms with E-state index in [4.69, 9.17) is 15.2 Å². The number of Topliss-reactive ketones (excluding diaryl/α,β-unsaturated/α-hetero) is 1. The number of hydrogen-bond acceptors (Lipinski definition) is 9. The molecule has 1 amide bonds. The van der Waals surface area contributed by atoms with Crippen molar-refractivity contribution in [3.63, 3.8) is 0 Å². The molecule has 5 atom stereocenters. The summed E-state index contributed by atoms with van der Waals surface area (Å²) in [6.07, 6.45) is -8.56. The van der Waals surface area contributed by atoms with E-state index in [9.17, 15) is 38.1 Å². The molecule has 1 aromatic heterocycles. The average Bonchev–Trinajstić information content (AvgIpc) is 3.31. The number of benzene rings is 1. The molecule has 2 heterocycles. The Kier molecular flexibility index (Phi) is 8.37. The molecule has 1 saturated heterocycles. The molecule has 14 heteroatoms. The van der Waals surface area contributed by atoms with Crippen LogP contribution in [0.3, 0.4) is 0 Å². The predicted molar refractivity (Wildman–Crippen MR) is 147 cm³/mol. The van der Waals surface area contributed by atoms with E-state index < -0.39 is 65.2 Å². The van der Waals surface area contributed by atoms with Gasteiger partial charge in [0, 0.05) is 18.2 Å². The minimum absolute atomic E-state index is 0.0258. The highest BCUT2D eigenvalue weighted by Crippen LogP contribution is 2.42. The number of aromatic nitrogens is 2. The van der Waals surface area contributed by atoms with Crippen molar-refractivity contribution in [2.45, 2.75) is 108 Å². The van der Waals surface area contributed by atoms with E-state index in [1.54, 1.807) is 6.92 Å². The lowest BCUT2D eigenvalue weighted by molar-refractivity contribution is -0.305. The lowest BCUT2D eigenvalue weighted by Gasteiger charge is -2.41. The van der Waals surface area contributed by atoms with E-state index in [-0.39, 0.29) is 41.9 Å². The highest BCUT2D eigenvalue weighted by Gasteiger charge is 2.46. The van der Waals surface area contributed by atoms with Gasteiger partial charge in [0.15, 0.2) is 17.8 Å². The Morgan fingerprint density at radius 2 is 1.79 bits per heavy atom. The van der Waals surface area contributed by atoms with Gasteiger partial charge in [-0.25, -0.2) is 4.68 Å². The number of alkyl halides is 3. The minimum Gasteiger partial charge on any atom is -0.388 e. The van der Waals surface area contributed by atoms with Crippen LogP contribution in [-0.4, -0.2) is 79.6 Å². The Hall–Kier alpha value is -3.04. The zero-order chi connectivity index (χ0) is 31.4. The zero-order valence-corrected chi connectivity index (χ0v) is 24.1. The quantitative estimate of drug-likeness (QED) is 0.330. The summed E-state index contributed by atoms with van der Waals surface area (Å²) in [5.74, 6) is -1.33. The first-order valence-electron chi connectivity index (χ1n) is 14.3. The molecule has 1 aromatic carbocycles. The molecule has 2 aromatic rings. The van der Waals surface area contributed by atoms with E-state index in [1.165, 1.54) is 18.2 Å². The average molecular weight is 611 g/mol. The van der Waals surface area contributed by atoms with Crippen LogP contribution in [0.2, 0.25) is 0 Å². The number of hydrogen-bond donors (Lipinski definition) is 5. The molecule has 1 aliphatic heterocycles. The number of nitrogens with one attached hydrogen (secondary N) is 1. The molecule has 1 saturated carbocycles. The SMILES string of the molecule is C[C@@H]1O[C@@H](O[C@H]2CC[C@H](Nc3cc(-n4nc(C(F)(F)F)c5c4CC(C)(C)CC5=O)ccc3C(N)=O)CC2)[C@@H](O)[C@H](O)[C@@H]1O. The first-order valence-corrected chi connectivity index (χ1v) is 14.3. The van der Waals surface area contributed by atoms with Crippen LogP contribution < -0.4 is 11.1 Å². The number of fused-ring (bicyclic) bond motifs is 1. The highest BCUT2D eigenvalue weighted by molar-refractivity contribution is 6.00. The van der Waals surface area contributed by atoms with E-state index in [2.05, 4.69) is 10.4 Å². The molecule has 2 fully saturated rings. The molecule has 0 bridgehead atoms. The molecule has 43 heavy (non-hydrogen) atoms. The minimum atomic E-state index is -4.82. The van der Waals surface area contributed by atoms with Gasteiger partial charge >= 0.3 is 6.18 Å². The van der Waals surface area contributed by atoms with Crippen molar-refractivity contribution in [3.05, 3.63) is 40.7 Å². The molecule has 236 valence electrons. The first-order chi connectivity index (χ1) is 20.1. The van der Waals surface area contributed by atoms with Crippen LogP contribution in [0.15, 0.2) is 18.2 Å². The third-order valence-electron chi connectivity index (χ3n) is 8.50. The van der Waals surface area contributed by atoms with Crippen molar-refractivity contribution in [1.29, 1.82) is 0 Å². The van der Waals surface area contributed by atoms with E-state index in [0.29, 0.717) is 31.4 Å².